The van der Waals surface area contributed by atoms with Gasteiger partial charge in [0.2, 0.25) is 0 Å². The number of ether oxygens (including phenoxy) is 1. The summed E-state index contributed by atoms with van der Waals surface area (Å²) < 4.78 is 18.4. The number of hydrogen-bond donors (Lipinski definition) is 1. The summed E-state index contributed by atoms with van der Waals surface area (Å²) in [4.78, 5) is 10.4. The van der Waals surface area contributed by atoms with Crippen LogP contribution < -0.4 is 10.1 Å². The Labute approximate surface area is 121 Å². The molecule has 0 aliphatic carbocycles. The minimum atomic E-state index is -0.543. The van der Waals surface area contributed by atoms with Gasteiger partial charge in [-0.25, -0.2) is 4.39 Å². The highest BCUT2D eigenvalue weighted by atomic mass is 19.1. The van der Waals surface area contributed by atoms with Crippen molar-refractivity contribution in [3.05, 3.63) is 63.5 Å². The normalized spacial score (nSPS) is 10.2. The highest BCUT2D eigenvalue weighted by Gasteiger charge is 2.14. The molecule has 1 N–H and O–H groups in total. The number of benzene rings is 2. The van der Waals surface area contributed by atoms with Crippen molar-refractivity contribution >= 4 is 11.4 Å². The molecule has 0 amide bonds. The lowest BCUT2D eigenvalue weighted by Gasteiger charge is -2.10. The van der Waals surface area contributed by atoms with E-state index in [2.05, 4.69) is 5.32 Å². The fourth-order valence-corrected chi connectivity index (χ4v) is 2.05. The molecular weight excluding hydrogens is 275 g/mol. The molecular formula is C15H15FN2O3. The van der Waals surface area contributed by atoms with Crippen LogP contribution in [0.25, 0.3) is 0 Å². The van der Waals surface area contributed by atoms with Gasteiger partial charge >= 0.3 is 0 Å². The van der Waals surface area contributed by atoms with E-state index in [0.717, 1.165) is 29.3 Å². The van der Waals surface area contributed by atoms with Crippen LogP contribution in [0.15, 0.2) is 36.4 Å². The molecule has 0 spiro atoms. The maximum atomic E-state index is 13.2. The second-order valence-electron chi connectivity index (χ2n) is 4.63. The molecule has 0 aliphatic rings. The van der Waals surface area contributed by atoms with Crippen molar-refractivity contribution < 1.29 is 14.1 Å². The first-order valence-corrected chi connectivity index (χ1v) is 6.32. The van der Waals surface area contributed by atoms with Crippen molar-refractivity contribution in [1.29, 1.82) is 0 Å². The summed E-state index contributed by atoms with van der Waals surface area (Å²) >= 11 is 0. The number of methoxy groups -OCH3 is 1. The Bertz CT molecular complexity index is 674. The van der Waals surface area contributed by atoms with E-state index in [4.69, 9.17) is 4.74 Å². The highest BCUT2D eigenvalue weighted by molar-refractivity contribution is 5.61. The zero-order chi connectivity index (χ0) is 15.4. The first-order valence-electron chi connectivity index (χ1n) is 6.32. The van der Waals surface area contributed by atoms with E-state index < -0.39 is 10.7 Å². The van der Waals surface area contributed by atoms with Crippen LogP contribution in [0.1, 0.15) is 11.1 Å². The lowest BCUT2D eigenvalue weighted by molar-refractivity contribution is -0.384. The lowest BCUT2D eigenvalue weighted by Crippen LogP contribution is -2.03. The van der Waals surface area contributed by atoms with Crippen LogP contribution in [0.3, 0.4) is 0 Å². The van der Waals surface area contributed by atoms with Gasteiger partial charge < -0.3 is 10.1 Å². The van der Waals surface area contributed by atoms with E-state index in [0.29, 0.717) is 12.3 Å². The zero-order valence-corrected chi connectivity index (χ0v) is 11.7. The second-order valence-corrected chi connectivity index (χ2v) is 4.63. The van der Waals surface area contributed by atoms with Gasteiger partial charge in [-0.2, -0.15) is 0 Å². The number of nitrogens with zero attached hydrogens (tertiary/aromatic N) is 1. The van der Waals surface area contributed by atoms with Crippen LogP contribution in [0.2, 0.25) is 0 Å². The Hall–Kier alpha value is -2.63. The number of aryl methyl sites for hydroxylation is 1. The molecule has 2 aromatic carbocycles. The van der Waals surface area contributed by atoms with Gasteiger partial charge in [-0.1, -0.05) is 6.07 Å². The fraction of sp³-hybridized carbons (Fsp3) is 0.200. The van der Waals surface area contributed by atoms with Crippen LogP contribution in [0, 0.1) is 22.9 Å². The Morgan fingerprint density at radius 1 is 1.29 bits per heavy atom. The average Bonchev–Trinajstić information content (AvgIpc) is 2.44. The number of nitro groups is 1. The maximum absolute atomic E-state index is 13.2. The molecule has 0 radical (unpaired) electrons. The molecule has 2 aromatic rings. The Balaban J connectivity index is 2.22. The third-order valence-electron chi connectivity index (χ3n) is 2.98. The van der Waals surface area contributed by atoms with E-state index in [1.165, 1.54) is 0 Å². The minimum absolute atomic E-state index is 0.153. The number of anilines is 1. The van der Waals surface area contributed by atoms with Crippen LogP contribution >= 0.6 is 0 Å². The topological polar surface area (TPSA) is 64.4 Å². The van der Waals surface area contributed by atoms with Gasteiger partial charge in [-0.3, -0.25) is 10.1 Å². The van der Waals surface area contributed by atoms with E-state index >= 15 is 0 Å². The van der Waals surface area contributed by atoms with Crippen molar-refractivity contribution in [3.63, 3.8) is 0 Å². The number of nitro benzene ring substituents is 1. The number of hydrogen-bond acceptors (Lipinski definition) is 4. The monoisotopic (exact) mass is 290 g/mol. The van der Waals surface area contributed by atoms with E-state index in [1.807, 2.05) is 25.1 Å². The van der Waals surface area contributed by atoms with Crippen LogP contribution in [-0.4, -0.2) is 12.0 Å². The van der Waals surface area contributed by atoms with Gasteiger partial charge in [0.1, 0.15) is 17.3 Å². The van der Waals surface area contributed by atoms with Gasteiger partial charge in [0.25, 0.3) is 5.69 Å². The van der Waals surface area contributed by atoms with Gasteiger partial charge in [0.05, 0.1) is 12.0 Å². The standard InChI is InChI=1S/C15H15FN2O3/c1-10-5-11(7-13(6-10)21-2)9-17-14-8-12(16)3-4-15(14)18(19)20/h3-8,17H,9H2,1-2H3. The predicted octanol–water partition coefficient (Wildman–Crippen LogP) is 3.66. The van der Waals surface area contributed by atoms with Crippen LogP contribution in [-0.2, 0) is 6.54 Å². The first kappa shape index (κ1) is 14.8. The Morgan fingerprint density at radius 2 is 2.05 bits per heavy atom. The Kier molecular flexibility index (Phi) is 4.37. The van der Waals surface area contributed by atoms with E-state index in [1.54, 1.807) is 7.11 Å². The number of halogens is 1. The fourth-order valence-electron chi connectivity index (χ4n) is 2.05. The average molecular weight is 290 g/mol. The molecule has 0 bridgehead atoms. The molecule has 0 unspecified atom stereocenters. The van der Waals surface area contributed by atoms with Gasteiger partial charge in [0, 0.05) is 18.7 Å². The largest absolute Gasteiger partial charge is 0.497 e. The van der Waals surface area contributed by atoms with Crippen molar-refractivity contribution in [3.8, 4) is 5.75 Å². The summed E-state index contributed by atoms with van der Waals surface area (Å²) in [5, 5.41) is 13.8. The number of nitrogens with one attached hydrogen (secondary N) is 1. The summed E-state index contributed by atoms with van der Waals surface area (Å²) in [5.41, 5.74) is 1.90. The smallest absolute Gasteiger partial charge is 0.292 e. The third-order valence-corrected chi connectivity index (χ3v) is 2.98. The van der Waals surface area contributed by atoms with Crippen molar-refractivity contribution in [1.82, 2.24) is 0 Å². The molecule has 5 nitrogen and oxygen atoms in total. The molecule has 0 aromatic heterocycles. The van der Waals surface area contributed by atoms with Crippen LogP contribution in [0.4, 0.5) is 15.8 Å². The second kappa shape index (κ2) is 6.21. The quantitative estimate of drug-likeness (QED) is 0.674. The molecule has 0 fully saturated rings. The first-order chi connectivity index (χ1) is 9.99. The summed E-state index contributed by atoms with van der Waals surface area (Å²) in [5.74, 6) is 0.186. The minimum Gasteiger partial charge on any atom is -0.497 e. The zero-order valence-electron chi connectivity index (χ0n) is 11.7. The van der Waals surface area contributed by atoms with Crippen molar-refractivity contribution in [2.24, 2.45) is 0 Å². The molecule has 110 valence electrons. The summed E-state index contributed by atoms with van der Waals surface area (Å²) in [7, 11) is 1.57. The van der Waals surface area contributed by atoms with Crippen molar-refractivity contribution in [2.75, 3.05) is 12.4 Å². The molecule has 2 rings (SSSR count). The van der Waals surface area contributed by atoms with Gasteiger partial charge in [0.15, 0.2) is 0 Å². The molecule has 21 heavy (non-hydrogen) atoms. The predicted molar refractivity (Wildman–Crippen MR) is 78.1 cm³/mol. The maximum Gasteiger partial charge on any atom is 0.292 e. The molecule has 0 atom stereocenters. The molecule has 6 heteroatoms. The SMILES string of the molecule is COc1cc(C)cc(CNc2cc(F)ccc2[N+](=O)[O-])c1. The molecule has 0 heterocycles. The van der Waals surface area contributed by atoms with Crippen molar-refractivity contribution in [2.45, 2.75) is 13.5 Å². The van der Waals surface area contributed by atoms with Gasteiger partial charge in [-0.05, 0) is 36.2 Å². The molecule has 0 saturated heterocycles. The van der Waals surface area contributed by atoms with Crippen LogP contribution in [0.5, 0.6) is 5.75 Å². The number of rotatable bonds is 5. The van der Waals surface area contributed by atoms with Gasteiger partial charge in [-0.15, -0.1) is 0 Å². The van der Waals surface area contributed by atoms with E-state index in [-0.39, 0.29) is 11.4 Å². The molecule has 0 aliphatic heterocycles. The molecule has 0 saturated carbocycles. The Morgan fingerprint density at radius 3 is 2.71 bits per heavy atom. The highest BCUT2D eigenvalue weighted by Crippen LogP contribution is 2.26. The lowest BCUT2D eigenvalue weighted by atomic mass is 10.1. The summed E-state index contributed by atoms with van der Waals surface area (Å²) in [6, 6.07) is 8.97. The summed E-state index contributed by atoms with van der Waals surface area (Å²) in [6.45, 7) is 2.26. The summed E-state index contributed by atoms with van der Waals surface area (Å²) in [6.07, 6.45) is 0. The third kappa shape index (κ3) is 3.68. The van der Waals surface area contributed by atoms with E-state index in [9.17, 15) is 14.5 Å².